The maximum atomic E-state index is 11.5. The molecule has 0 N–H and O–H groups in total. The summed E-state index contributed by atoms with van der Waals surface area (Å²) in [5.41, 5.74) is 0.786. The van der Waals surface area contributed by atoms with E-state index in [1.165, 1.54) is 13.2 Å². The second kappa shape index (κ2) is 4.65. The van der Waals surface area contributed by atoms with Crippen LogP contribution in [0.4, 0.5) is 0 Å². The highest BCUT2D eigenvalue weighted by atomic mass is 16.5. The van der Waals surface area contributed by atoms with Gasteiger partial charge in [-0.15, -0.1) is 0 Å². The Morgan fingerprint density at radius 1 is 1.29 bits per heavy atom. The van der Waals surface area contributed by atoms with Crippen molar-refractivity contribution >= 4 is 17.5 Å². The zero-order chi connectivity index (χ0) is 12.3. The van der Waals surface area contributed by atoms with Gasteiger partial charge in [-0.1, -0.05) is 30.3 Å². The van der Waals surface area contributed by atoms with Crippen LogP contribution in [0.2, 0.25) is 0 Å². The third-order valence-electron chi connectivity index (χ3n) is 2.23. The van der Waals surface area contributed by atoms with E-state index in [9.17, 15) is 9.59 Å². The molecule has 4 nitrogen and oxygen atoms in total. The van der Waals surface area contributed by atoms with Crippen molar-refractivity contribution in [3.8, 4) is 0 Å². The van der Waals surface area contributed by atoms with Crippen molar-refractivity contribution in [1.29, 1.82) is 0 Å². The molecule has 86 valence electrons. The lowest BCUT2D eigenvalue weighted by molar-refractivity contribution is -0.135. The van der Waals surface area contributed by atoms with Crippen LogP contribution in [0.15, 0.2) is 48.2 Å². The topological polar surface area (TPSA) is 52.6 Å². The Morgan fingerprint density at radius 2 is 2.00 bits per heavy atom. The number of allylic oxidation sites excluding steroid dienone is 1. The summed E-state index contributed by atoms with van der Waals surface area (Å²) in [5.74, 6) is -0.535. The molecule has 2 rings (SSSR count). The summed E-state index contributed by atoms with van der Waals surface area (Å²) in [7, 11) is 1.24. The molecule has 1 heterocycles. The number of carbonyl (C=O) groups excluding carboxylic acids is 2. The van der Waals surface area contributed by atoms with Gasteiger partial charge in [0, 0.05) is 11.6 Å². The second-order valence-electron chi connectivity index (χ2n) is 3.37. The van der Waals surface area contributed by atoms with Crippen LogP contribution < -0.4 is 0 Å². The highest BCUT2D eigenvalue weighted by Crippen LogP contribution is 2.26. The number of methoxy groups -OCH3 is 1. The van der Waals surface area contributed by atoms with Gasteiger partial charge in [-0.05, 0) is 0 Å². The van der Waals surface area contributed by atoms with Crippen LogP contribution in [0.5, 0.6) is 0 Å². The van der Waals surface area contributed by atoms with Crippen molar-refractivity contribution < 1.29 is 19.1 Å². The molecule has 0 radical (unpaired) electrons. The van der Waals surface area contributed by atoms with E-state index in [2.05, 4.69) is 4.74 Å². The van der Waals surface area contributed by atoms with E-state index >= 15 is 0 Å². The van der Waals surface area contributed by atoms with Crippen LogP contribution in [0, 0.1) is 0 Å². The molecule has 4 heteroatoms. The molecular weight excluding hydrogens is 220 g/mol. The molecule has 0 aromatic heterocycles. The summed E-state index contributed by atoms with van der Waals surface area (Å²) in [6.07, 6.45) is 2.39. The van der Waals surface area contributed by atoms with Crippen molar-refractivity contribution in [2.24, 2.45) is 0 Å². The van der Waals surface area contributed by atoms with E-state index in [0.29, 0.717) is 5.76 Å². The Hall–Kier alpha value is -2.36. The van der Waals surface area contributed by atoms with Crippen LogP contribution in [0.25, 0.3) is 5.76 Å². The quantitative estimate of drug-likeness (QED) is 0.573. The normalized spacial score (nSPS) is 16.6. The molecule has 0 saturated carbocycles. The van der Waals surface area contributed by atoms with Gasteiger partial charge in [-0.3, -0.25) is 4.79 Å². The number of hydrogen-bond acceptors (Lipinski definition) is 4. The minimum atomic E-state index is -0.615. The number of hydrogen-bond donors (Lipinski definition) is 0. The van der Waals surface area contributed by atoms with Crippen molar-refractivity contribution in [1.82, 2.24) is 0 Å². The van der Waals surface area contributed by atoms with Gasteiger partial charge in [-0.2, -0.15) is 0 Å². The summed E-state index contributed by atoms with van der Waals surface area (Å²) in [6.45, 7) is 0. The monoisotopic (exact) mass is 230 g/mol. The molecule has 0 unspecified atom stereocenters. The van der Waals surface area contributed by atoms with Crippen LogP contribution >= 0.6 is 0 Å². The first-order valence-corrected chi connectivity index (χ1v) is 4.99. The van der Waals surface area contributed by atoms with Crippen LogP contribution in [0.3, 0.4) is 0 Å². The van der Waals surface area contributed by atoms with E-state index < -0.39 is 5.97 Å². The van der Waals surface area contributed by atoms with Gasteiger partial charge in [0.2, 0.25) is 5.78 Å². The van der Waals surface area contributed by atoms with Crippen molar-refractivity contribution in [2.75, 3.05) is 7.11 Å². The van der Waals surface area contributed by atoms with E-state index in [1.54, 1.807) is 0 Å². The van der Waals surface area contributed by atoms with Gasteiger partial charge < -0.3 is 9.47 Å². The van der Waals surface area contributed by atoms with Gasteiger partial charge in [0.15, 0.2) is 5.76 Å². The zero-order valence-corrected chi connectivity index (χ0v) is 9.17. The van der Waals surface area contributed by atoms with E-state index in [-0.39, 0.29) is 11.5 Å². The molecule has 0 aliphatic carbocycles. The van der Waals surface area contributed by atoms with E-state index in [1.807, 2.05) is 30.3 Å². The number of carbonyl (C=O) groups is 2. The number of esters is 1. The average Bonchev–Trinajstić information content (AvgIpc) is 2.72. The van der Waals surface area contributed by atoms with Gasteiger partial charge in [0.25, 0.3) is 0 Å². The Labute approximate surface area is 98.2 Å². The molecule has 0 spiro atoms. The van der Waals surface area contributed by atoms with Gasteiger partial charge in [-0.25, -0.2) is 4.79 Å². The molecule has 0 amide bonds. The fraction of sp³-hybridized carbons (Fsp3) is 0.0769. The first-order chi connectivity index (χ1) is 8.20. The summed E-state index contributed by atoms with van der Waals surface area (Å²) in [5, 5.41) is 0. The Kier molecular flexibility index (Phi) is 3.05. The lowest BCUT2D eigenvalue weighted by Gasteiger charge is -2.03. The minimum absolute atomic E-state index is 0.0179. The van der Waals surface area contributed by atoms with E-state index in [0.717, 1.165) is 11.6 Å². The number of ether oxygens (including phenoxy) is 2. The first-order valence-electron chi connectivity index (χ1n) is 4.99. The standard InChI is InChI=1S/C13H10O4/c1-16-13(15)8-12-10(14)7-11(17-12)9-5-3-2-4-6-9/h2-8H,1H3/b12-8+. The third-order valence-corrected chi connectivity index (χ3v) is 2.23. The van der Waals surface area contributed by atoms with Crippen molar-refractivity contribution in [3.63, 3.8) is 0 Å². The molecule has 0 saturated heterocycles. The van der Waals surface area contributed by atoms with Gasteiger partial charge in [0.05, 0.1) is 13.2 Å². The highest BCUT2D eigenvalue weighted by Gasteiger charge is 2.22. The Bertz CT molecular complexity index is 511. The number of benzene rings is 1. The van der Waals surface area contributed by atoms with Crippen LogP contribution in [-0.4, -0.2) is 18.9 Å². The first kappa shape index (κ1) is 11.1. The molecule has 0 atom stereocenters. The average molecular weight is 230 g/mol. The molecular formula is C13H10O4. The van der Waals surface area contributed by atoms with Crippen molar-refractivity contribution in [3.05, 3.63) is 53.8 Å². The summed E-state index contributed by atoms with van der Waals surface area (Å²) in [6, 6.07) is 9.18. The Balaban J connectivity index is 2.22. The van der Waals surface area contributed by atoms with Crippen LogP contribution in [-0.2, 0) is 19.1 Å². The zero-order valence-electron chi connectivity index (χ0n) is 9.17. The highest BCUT2D eigenvalue weighted by molar-refractivity contribution is 6.12. The van der Waals surface area contributed by atoms with Crippen molar-refractivity contribution in [2.45, 2.75) is 0 Å². The summed E-state index contributed by atoms with van der Waals surface area (Å²) < 4.78 is 9.73. The molecule has 1 aliphatic rings. The summed E-state index contributed by atoms with van der Waals surface area (Å²) in [4.78, 5) is 22.5. The van der Waals surface area contributed by atoms with Gasteiger partial charge in [0.1, 0.15) is 5.76 Å². The van der Waals surface area contributed by atoms with Crippen LogP contribution in [0.1, 0.15) is 5.56 Å². The predicted octanol–water partition coefficient (Wildman–Crippen LogP) is 1.68. The maximum absolute atomic E-state index is 11.5. The fourth-order valence-corrected chi connectivity index (χ4v) is 1.40. The largest absolute Gasteiger partial charge is 0.466 e. The second-order valence-corrected chi connectivity index (χ2v) is 3.37. The molecule has 1 aromatic carbocycles. The smallest absolute Gasteiger partial charge is 0.334 e. The minimum Gasteiger partial charge on any atom is -0.466 e. The number of ketones is 1. The molecule has 0 bridgehead atoms. The molecule has 1 aromatic rings. The summed E-state index contributed by atoms with van der Waals surface area (Å²) >= 11 is 0. The maximum Gasteiger partial charge on any atom is 0.334 e. The van der Waals surface area contributed by atoms with Gasteiger partial charge >= 0.3 is 5.97 Å². The predicted molar refractivity (Wildman–Crippen MR) is 60.6 cm³/mol. The SMILES string of the molecule is COC(=O)/C=C1/OC(c2ccccc2)=CC1=O. The molecule has 0 fully saturated rings. The van der Waals surface area contributed by atoms with E-state index in [4.69, 9.17) is 4.74 Å². The fourth-order valence-electron chi connectivity index (χ4n) is 1.40. The number of rotatable bonds is 2. The Morgan fingerprint density at radius 3 is 2.65 bits per heavy atom. The molecule has 1 aliphatic heterocycles. The lowest BCUT2D eigenvalue weighted by Crippen LogP contribution is -2.01. The molecule has 17 heavy (non-hydrogen) atoms. The third kappa shape index (κ3) is 2.42. The lowest BCUT2D eigenvalue weighted by atomic mass is 10.2.